The first kappa shape index (κ1) is 55.5. The second-order valence-corrected chi connectivity index (χ2v) is 17.5. The maximum atomic E-state index is 12.1. The molecule has 0 aromatic heterocycles. The molecule has 0 bridgehead atoms. The summed E-state index contributed by atoms with van der Waals surface area (Å²) in [6, 6.07) is 0. The number of aliphatic hydroxyl groups excluding tert-OH is 1. The van der Waals surface area contributed by atoms with Crippen LogP contribution in [0.25, 0.3) is 0 Å². The Bertz CT molecular complexity index is 990. The summed E-state index contributed by atoms with van der Waals surface area (Å²) in [5, 5.41) is 12.7. The molecule has 0 aliphatic rings. The van der Waals surface area contributed by atoms with Crippen LogP contribution in [-0.4, -0.2) is 54.3 Å². The van der Waals surface area contributed by atoms with Crippen molar-refractivity contribution < 1.29 is 37.9 Å². The van der Waals surface area contributed by atoms with Crippen molar-refractivity contribution in [3.05, 3.63) is 24.3 Å². The molecule has 9 nitrogen and oxygen atoms in total. The Kier molecular flexibility index (Phi) is 42.9. The molecule has 0 rings (SSSR count). The second-order valence-electron chi connectivity index (χ2n) is 16.1. The van der Waals surface area contributed by atoms with Gasteiger partial charge in [0.15, 0.2) is 0 Å². The molecule has 0 radical (unpaired) electrons. The van der Waals surface area contributed by atoms with Gasteiger partial charge in [-0.25, -0.2) is 4.57 Å². The maximum Gasteiger partial charge on any atom is 0.472 e. The van der Waals surface area contributed by atoms with Crippen molar-refractivity contribution in [3.8, 4) is 0 Å². The average Bonchev–Trinajstić information content (AvgIpc) is 3.20. The van der Waals surface area contributed by atoms with Crippen molar-refractivity contribution in [2.24, 2.45) is 0 Å². The molecular weight excluding hydrogens is 737 g/mol. The van der Waals surface area contributed by atoms with Gasteiger partial charge in [0, 0.05) is 19.4 Å². The summed E-state index contributed by atoms with van der Waals surface area (Å²) in [5.41, 5.74) is 0. The highest BCUT2D eigenvalue weighted by atomic mass is 31.2. The van der Waals surface area contributed by atoms with Crippen LogP contribution in [0.2, 0.25) is 0 Å². The van der Waals surface area contributed by atoms with Crippen LogP contribution in [0.1, 0.15) is 232 Å². The van der Waals surface area contributed by atoms with E-state index < -0.39 is 26.5 Å². The van der Waals surface area contributed by atoms with Gasteiger partial charge in [-0.15, -0.1) is 0 Å². The largest absolute Gasteiger partial charge is 0.472 e. The number of carbonyl (C=O) groups is 2. The molecule has 0 aliphatic carbocycles. The highest BCUT2D eigenvalue weighted by Crippen LogP contribution is 2.42. The lowest BCUT2D eigenvalue weighted by Gasteiger charge is -2.15. The first-order valence-corrected chi connectivity index (χ1v) is 25.3. The van der Waals surface area contributed by atoms with E-state index in [-0.39, 0.29) is 32.1 Å². The number of phosphoric acid groups is 1. The number of ether oxygens (including phenoxy) is 1. The Morgan fingerprint density at radius 3 is 1.42 bits per heavy atom. The minimum Gasteiger partial charge on any atom is -0.463 e. The predicted molar refractivity (Wildman–Crippen MR) is 238 cm³/mol. The van der Waals surface area contributed by atoms with Crippen LogP contribution in [0.15, 0.2) is 24.3 Å². The summed E-state index contributed by atoms with van der Waals surface area (Å²) in [6.07, 6.45) is 48.3. The SMILES string of the molecule is CCCCCC/C=C\C/C=C\CCCCCCCC(=O)OCC(O)COP(=O)(O)OCCNC(=O)CCCCCCCCCCCCCCCCCCCCCC. The van der Waals surface area contributed by atoms with Crippen LogP contribution in [0, 0.1) is 0 Å². The molecule has 0 aliphatic heterocycles. The molecule has 0 saturated carbocycles. The Balaban J connectivity index is 3.56. The van der Waals surface area contributed by atoms with Crippen LogP contribution in [-0.2, 0) is 27.9 Å². The normalized spacial score (nSPS) is 13.4. The van der Waals surface area contributed by atoms with E-state index in [1.165, 1.54) is 141 Å². The predicted octanol–water partition coefficient (Wildman–Crippen LogP) is 13.6. The van der Waals surface area contributed by atoms with Gasteiger partial charge in [0.2, 0.25) is 5.91 Å². The highest BCUT2D eigenvalue weighted by Gasteiger charge is 2.23. The van der Waals surface area contributed by atoms with E-state index >= 15 is 0 Å². The van der Waals surface area contributed by atoms with Crippen molar-refractivity contribution in [1.29, 1.82) is 0 Å². The van der Waals surface area contributed by atoms with Crippen LogP contribution in [0.3, 0.4) is 0 Å². The Morgan fingerprint density at radius 2 is 0.947 bits per heavy atom. The lowest BCUT2D eigenvalue weighted by molar-refractivity contribution is -0.147. The Hall–Kier alpha value is -1.51. The average molecular weight is 828 g/mol. The monoisotopic (exact) mass is 828 g/mol. The van der Waals surface area contributed by atoms with Crippen LogP contribution < -0.4 is 5.32 Å². The number of nitrogens with one attached hydrogen (secondary N) is 1. The van der Waals surface area contributed by atoms with Gasteiger partial charge < -0.3 is 20.1 Å². The zero-order chi connectivity index (χ0) is 41.8. The van der Waals surface area contributed by atoms with Crippen LogP contribution >= 0.6 is 7.82 Å². The number of unbranched alkanes of at least 4 members (excludes halogenated alkanes) is 28. The van der Waals surface area contributed by atoms with Crippen molar-refractivity contribution in [2.45, 2.75) is 238 Å². The van der Waals surface area contributed by atoms with Gasteiger partial charge in [-0.3, -0.25) is 18.6 Å². The first-order chi connectivity index (χ1) is 27.8. The molecule has 3 N–H and O–H groups in total. The number of allylic oxidation sites excluding steroid dienone is 4. The Labute approximate surface area is 350 Å². The molecule has 57 heavy (non-hydrogen) atoms. The molecule has 0 heterocycles. The molecular formula is C47H90NO8P. The van der Waals surface area contributed by atoms with Gasteiger partial charge in [0.25, 0.3) is 0 Å². The zero-order valence-corrected chi connectivity index (χ0v) is 37.9. The number of amides is 1. The fraction of sp³-hybridized carbons (Fsp3) is 0.872. The summed E-state index contributed by atoms with van der Waals surface area (Å²) < 4.78 is 26.9. The fourth-order valence-corrected chi connectivity index (χ4v) is 7.52. The molecule has 0 aromatic carbocycles. The van der Waals surface area contributed by atoms with E-state index in [4.69, 9.17) is 13.8 Å². The van der Waals surface area contributed by atoms with Crippen LogP contribution in [0.4, 0.5) is 0 Å². The second kappa shape index (κ2) is 44.1. The molecule has 336 valence electrons. The van der Waals surface area contributed by atoms with Crippen LogP contribution in [0.5, 0.6) is 0 Å². The molecule has 0 fully saturated rings. The molecule has 1 amide bonds. The van der Waals surface area contributed by atoms with Gasteiger partial charge in [0.1, 0.15) is 12.7 Å². The third-order valence-electron chi connectivity index (χ3n) is 10.4. The minimum absolute atomic E-state index is 0.0837. The van der Waals surface area contributed by atoms with Gasteiger partial charge in [-0.2, -0.15) is 0 Å². The number of carbonyl (C=O) groups excluding carboxylic acids is 2. The molecule has 2 unspecified atom stereocenters. The topological polar surface area (TPSA) is 131 Å². The van der Waals surface area contributed by atoms with E-state index in [0.29, 0.717) is 6.42 Å². The smallest absolute Gasteiger partial charge is 0.463 e. The number of hydrogen-bond donors (Lipinski definition) is 3. The van der Waals surface area contributed by atoms with E-state index in [2.05, 4.69) is 43.5 Å². The molecule has 0 saturated heterocycles. The van der Waals surface area contributed by atoms with E-state index in [1.54, 1.807) is 0 Å². The summed E-state index contributed by atoms with van der Waals surface area (Å²) in [6.45, 7) is 3.56. The lowest BCUT2D eigenvalue weighted by atomic mass is 10.0. The summed E-state index contributed by atoms with van der Waals surface area (Å²) in [4.78, 5) is 34.0. The first-order valence-electron chi connectivity index (χ1n) is 23.8. The van der Waals surface area contributed by atoms with Gasteiger partial charge >= 0.3 is 13.8 Å². The molecule has 2 atom stereocenters. The zero-order valence-electron chi connectivity index (χ0n) is 37.0. The van der Waals surface area contributed by atoms with Gasteiger partial charge in [0.05, 0.1) is 13.2 Å². The maximum absolute atomic E-state index is 12.1. The number of rotatable bonds is 45. The van der Waals surface area contributed by atoms with Gasteiger partial charge in [-0.05, 0) is 44.9 Å². The third kappa shape index (κ3) is 45.4. The number of esters is 1. The third-order valence-corrected chi connectivity index (χ3v) is 11.4. The highest BCUT2D eigenvalue weighted by molar-refractivity contribution is 7.47. The lowest BCUT2D eigenvalue weighted by Crippen LogP contribution is -2.27. The number of aliphatic hydroxyl groups is 1. The summed E-state index contributed by atoms with van der Waals surface area (Å²) in [7, 11) is -4.42. The fourth-order valence-electron chi connectivity index (χ4n) is 6.77. The van der Waals surface area contributed by atoms with Crippen molar-refractivity contribution >= 4 is 19.7 Å². The van der Waals surface area contributed by atoms with Crippen molar-refractivity contribution in [2.75, 3.05) is 26.4 Å². The quantitative estimate of drug-likeness (QED) is 0.0239. The van der Waals surface area contributed by atoms with Crippen molar-refractivity contribution in [1.82, 2.24) is 5.32 Å². The van der Waals surface area contributed by atoms with Crippen molar-refractivity contribution in [3.63, 3.8) is 0 Å². The summed E-state index contributed by atoms with van der Waals surface area (Å²) >= 11 is 0. The molecule has 10 heteroatoms. The molecule has 0 aromatic rings. The molecule has 0 spiro atoms. The number of hydrogen-bond acceptors (Lipinski definition) is 7. The van der Waals surface area contributed by atoms with Gasteiger partial charge in [-0.1, -0.05) is 199 Å². The number of phosphoric ester groups is 1. The summed E-state index contributed by atoms with van der Waals surface area (Å²) in [5.74, 6) is -0.521. The Morgan fingerprint density at radius 1 is 0.544 bits per heavy atom. The van der Waals surface area contributed by atoms with E-state index in [1.807, 2.05) is 0 Å². The minimum atomic E-state index is -4.42. The van der Waals surface area contributed by atoms with E-state index in [9.17, 15) is 24.2 Å². The standard InChI is InChI=1S/C47H90NO8P/c1-3-5-7-9-11-13-15-17-19-21-22-23-24-25-27-29-31-33-35-37-39-46(50)48-41-42-55-57(52,53)56-44-45(49)43-54-47(51)40-38-36-34-32-30-28-26-20-18-16-14-12-10-8-6-4-2/h14,16,20,26,45,49H,3-13,15,17-19,21-25,27-44H2,1-2H3,(H,48,50)(H,52,53)/b16-14-,26-20-. The van der Waals surface area contributed by atoms with E-state index in [0.717, 1.165) is 64.2 Å².